The fourth-order valence-corrected chi connectivity index (χ4v) is 5.90. The van der Waals surface area contributed by atoms with Crippen molar-refractivity contribution in [2.45, 2.75) is 71.0 Å². The van der Waals surface area contributed by atoms with Crippen molar-refractivity contribution in [1.82, 2.24) is 10.2 Å². The van der Waals surface area contributed by atoms with E-state index < -0.39 is 28.5 Å². The second kappa shape index (κ2) is 14.2. The van der Waals surface area contributed by atoms with Gasteiger partial charge in [0, 0.05) is 12.6 Å². The summed E-state index contributed by atoms with van der Waals surface area (Å²) in [5.41, 5.74) is 2.79. The van der Waals surface area contributed by atoms with E-state index in [9.17, 15) is 18.0 Å². The van der Waals surface area contributed by atoms with Crippen LogP contribution in [0.25, 0.3) is 0 Å². The molecule has 0 aromatic heterocycles. The minimum atomic E-state index is -4.19. The van der Waals surface area contributed by atoms with E-state index in [0.29, 0.717) is 12.2 Å². The molecular weight excluding hydrogens is 538 g/mol. The number of sulfonamides is 1. The van der Waals surface area contributed by atoms with Gasteiger partial charge in [-0.25, -0.2) is 8.42 Å². The summed E-state index contributed by atoms with van der Waals surface area (Å²) in [6, 6.07) is 20.2. The van der Waals surface area contributed by atoms with E-state index in [1.54, 1.807) is 24.3 Å². The Labute approximate surface area is 244 Å². The van der Waals surface area contributed by atoms with Crippen LogP contribution >= 0.6 is 0 Å². The Hall–Kier alpha value is -3.85. The van der Waals surface area contributed by atoms with Crippen molar-refractivity contribution >= 4 is 27.5 Å². The SMILES string of the molecule is CC[C@H](C)NC(=O)[C@H](CC)N(Cc1ccccc1)C(=O)CN(c1cc(C)ccc1OC)S(=O)(=O)c1ccc(C)cc1. The van der Waals surface area contributed by atoms with Gasteiger partial charge in [-0.1, -0.05) is 67.9 Å². The molecule has 0 fully saturated rings. The molecule has 1 N–H and O–H groups in total. The summed E-state index contributed by atoms with van der Waals surface area (Å²) in [5.74, 6) is -0.457. The van der Waals surface area contributed by atoms with Crippen molar-refractivity contribution in [2.75, 3.05) is 18.0 Å². The number of rotatable bonds is 13. The van der Waals surface area contributed by atoms with E-state index in [1.165, 1.54) is 24.1 Å². The fourth-order valence-electron chi connectivity index (χ4n) is 4.49. The topological polar surface area (TPSA) is 96.0 Å². The molecular formula is C32H41N3O5S. The molecule has 0 aliphatic carbocycles. The zero-order valence-electron chi connectivity index (χ0n) is 24.8. The summed E-state index contributed by atoms with van der Waals surface area (Å²) in [6.07, 6.45) is 1.10. The maximum atomic E-state index is 14.2. The molecule has 0 aliphatic heterocycles. The van der Waals surface area contributed by atoms with Crippen LogP contribution in [-0.4, -0.2) is 50.9 Å². The molecule has 0 heterocycles. The summed E-state index contributed by atoms with van der Waals surface area (Å²) >= 11 is 0. The van der Waals surface area contributed by atoms with E-state index in [2.05, 4.69) is 5.32 Å². The third-order valence-corrected chi connectivity index (χ3v) is 8.85. The lowest BCUT2D eigenvalue weighted by atomic mass is 10.1. The Morgan fingerprint density at radius 3 is 2.12 bits per heavy atom. The van der Waals surface area contributed by atoms with Crippen LogP contribution in [0.1, 0.15) is 50.3 Å². The highest BCUT2D eigenvalue weighted by Gasteiger charge is 2.35. The number of methoxy groups -OCH3 is 1. The van der Waals surface area contributed by atoms with E-state index in [0.717, 1.165) is 27.4 Å². The number of nitrogens with one attached hydrogen (secondary N) is 1. The maximum Gasteiger partial charge on any atom is 0.264 e. The molecule has 2 amide bonds. The molecule has 9 heteroatoms. The fraction of sp³-hybridized carbons (Fsp3) is 0.375. The summed E-state index contributed by atoms with van der Waals surface area (Å²) in [5, 5.41) is 2.99. The van der Waals surface area contributed by atoms with Crippen LogP contribution < -0.4 is 14.4 Å². The van der Waals surface area contributed by atoms with E-state index in [1.807, 2.05) is 71.0 Å². The molecule has 0 saturated heterocycles. The molecule has 0 radical (unpaired) electrons. The van der Waals surface area contributed by atoms with Crippen molar-refractivity contribution in [3.8, 4) is 5.75 Å². The van der Waals surface area contributed by atoms with Gasteiger partial charge in [-0.05, 0) is 69.0 Å². The van der Waals surface area contributed by atoms with Gasteiger partial charge in [-0.3, -0.25) is 13.9 Å². The first-order valence-electron chi connectivity index (χ1n) is 13.9. The second-order valence-electron chi connectivity index (χ2n) is 10.2. The number of hydrogen-bond acceptors (Lipinski definition) is 5. The van der Waals surface area contributed by atoms with Gasteiger partial charge in [0.15, 0.2) is 0 Å². The molecule has 0 saturated carbocycles. The van der Waals surface area contributed by atoms with Crippen LogP contribution in [0, 0.1) is 13.8 Å². The standard InChI is InChI=1S/C32H41N3O5S/c1-7-25(5)33-32(37)28(8-2)34(21-26-12-10-9-11-13-26)31(36)22-35(29-20-24(4)16-19-30(29)40-6)41(38,39)27-17-14-23(3)15-18-27/h9-20,25,28H,7-8,21-22H2,1-6H3,(H,33,37)/t25-,28-/m0/s1. The predicted molar refractivity (Wildman–Crippen MR) is 162 cm³/mol. The van der Waals surface area contributed by atoms with Crippen LogP contribution in [0.4, 0.5) is 5.69 Å². The summed E-state index contributed by atoms with van der Waals surface area (Å²) in [7, 11) is -2.73. The summed E-state index contributed by atoms with van der Waals surface area (Å²) in [4.78, 5) is 29.1. The maximum absolute atomic E-state index is 14.2. The van der Waals surface area contributed by atoms with Crippen LogP contribution in [0.15, 0.2) is 77.7 Å². The Morgan fingerprint density at radius 1 is 0.902 bits per heavy atom. The van der Waals surface area contributed by atoms with Gasteiger partial charge in [0.25, 0.3) is 10.0 Å². The molecule has 41 heavy (non-hydrogen) atoms. The van der Waals surface area contributed by atoms with Crippen LogP contribution in [0.3, 0.4) is 0 Å². The molecule has 0 unspecified atom stereocenters. The number of hydrogen-bond donors (Lipinski definition) is 1. The largest absolute Gasteiger partial charge is 0.495 e. The third kappa shape index (κ3) is 7.88. The number of carbonyl (C=O) groups is 2. The number of anilines is 1. The van der Waals surface area contributed by atoms with Gasteiger partial charge >= 0.3 is 0 Å². The molecule has 8 nitrogen and oxygen atoms in total. The molecule has 0 spiro atoms. The van der Waals surface area contributed by atoms with Crippen molar-refractivity contribution < 1.29 is 22.7 Å². The summed E-state index contributed by atoms with van der Waals surface area (Å²) in [6.45, 7) is 9.07. The van der Waals surface area contributed by atoms with Crippen molar-refractivity contribution in [2.24, 2.45) is 0 Å². The van der Waals surface area contributed by atoms with Crippen LogP contribution in [0.5, 0.6) is 5.75 Å². The van der Waals surface area contributed by atoms with E-state index in [4.69, 9.17) is 4.74 Å². The lowest BCUT2D eigenvalue weighted by Crippen LogP contribution is -2.53. The smallest absolute Gasteiger partial charge is 0.264 e. The molecule has 0 bridgehead atoms. The predicted octanol–water partition coefficient (Wildman–Crippen LogP) is 5.23. The Kier molecular flexibility index (Phi) is 10.9. The number of carbonyl (C=O) groups excluding carboxylic acids is 2. The van der Waals surface area contributed by atoms with Gasteiger partial charge in [0.1, 0.15) is 18.3 Å². The number of nitrogens with zero attached hydrogens (tertiary/aromatic N) is 2. The lowest BCUT2D eigenvalue weighted by Gasteiger charge is -2.34. The monoisotopic (exact) mass is 579 g/mol. The molecule has 3 aromatic carbocycles. The highest BCUT2D eigenvalue weighted by Crippen LogP contribution is 2.34. The Balaban J connectivity index is 2.11. The summed E-state index contributed by atoms with van der Waals surface area (Å²) < 4.78 is 34.9. The average molecular weight is 580 g/mol. The highest BCUT2D eigenvalue weighted by atomic mass is 32.2. The van der Waals surface area contributed by atoms with E-state index >= 15 is 0 Å². The number of ether oxygens (including phenoxy) is 1. The van der Waals surface area contributed by atoms with Crippen molar-refractivity contribution in [1.29, 1.82) is 0 Å². The minimum Gasteiger partial charge on any atom is -0.495 e. The molecule has 220 valence electrons. The average Bonchev–Trinajstić information content (AvgIpc) is 2.96. The number of amides is 2. The first-order chi connectivity index (χ1) is 19.5. The first-order valence-corrected chi connectivity index (χ1v) is 15.3. The van der Waals surface area contributed by atoms with Gasteiger partial charge in [0.2, 0.25) is 11.8 Å². The zero-order chi connectivity index (χ0) is 30.2. The highest BCUT2D eigenvalue weighted by molar-refractivity contribution is 7.92. The van der Waals surface area contributed by atoms with E-state index in [-0.39, 0.29) is 29.1 Å². The van der Waals surface area contributed by atoms with Gasteiger partial charge in [-0.2, -0.15) is 0 Å². The van der Waals surface area contributed by atoms with Crippen molar-refractivity contribution in [3.05, 3.63) is 89.5 Å². The Morgan fingerprint density at radius 2 is 1.54 bits per heavy atom. The van der Waals surface area contributed by atoms with Gasteiger partial charge < -0.3 is 15.0 Å². The third-order valence-electron chi connectivity index (χ3n) is 7.07. The lowest BCUT2D eigenvalue weighted by molar-refractivity contribution is -0.140. The van der Waals surface area contributed by atoms with Crippen molar-refractivity contribution in [3.63, 3.8) is 0 Å². The zero-order valence-corrected chi connectivity index (χ0v) is 25.6. The molecule has 3 aromatic rings. The first kappa shape index (κ1) is 31.7. The number of benzene rings is 3. The van der Waals surface area contributed by atoms with Gasteiger partial charge in [0.05, 0.1) is 17.7 Å². The number of aryl methyl sites for hydroxylation is 2. The molecule has 2 atom stereocenters. The molecule has 3 rings (SSSR count). The minimum absolute atomic E-state index is 0.0515. The second-order valence-corrected chi connectivity index (χ2v) is 12.1. The Bertz CT molecular complexity index is 1430. The molecule has 0 aliphatic rings. The van der Waals surface area contributed by atoms with Crippen LogP contribution in [-0.2, 0) is 26.2 Å². The quantitative estimate of drug-likeness (QED) is 0.299. The van der Waals surface area contributed by atoms with Gasteiger partial charge in [-0.15, -0.1) is 0 Å². The normalized spacial score (nSPS) is 12.7. The van der Waals surface area contributed by atoms with Crippen LogP contribution in [0.2, 0.25) is 0 Å².